The molecule has 0 spiro atoms. The zero-order valence-electron chi connectivity index (χ0n) is 10.1. The number of benzene rings is 1. The van der Waals surface area contributed by atoms with Crippen LogP contribution in [0.3, 0.4) is 0 Å². The number of hydrogen-bond donors (Lipinski definition) is 2. The van der Waals surface area contributed by atoms with E-state index in [0.717, 1.165) is 18.4 Å². The Balaban J connectivity index is 2.04. The minimum absolute atomic E-state index is 0.106. The fraction of sp³-hybridized carbons (Fsp3) is 0.417. The predicted molar refractivity (Wildman–Crippen MR) is 67.3 cm³/mol. The van der Waals surface area contributed by atoms with Crippen molar-refractivity contribution in [1.29, 1.82) is 0 Å². The van der Waals surface area contributed by atoms with Crippen LogP contribution in [0.4, 0.5) is 0 Å². The monoisotopic (exact) mass is 268 g/mol. The summed E-state index contributed by atoms with van der Waals surface area (Å²) >= 11 is 0. The molecule has 0 aliphatic heterocycles. The van der Waals surface area contributed by atoms with Gasteiger partial charge in [0, 0.05) is 19.5 Å². The molecule has 2 N–H and O–H groups in total. The Morgan fingerprint density at radius 3 is 2.39 bits per heavy atom. The van der Waals surface area contributed by atoms with E-state index in [0.29, 0.717) is 6.54 Å². The van der Waals surface area contributed by atoms with E-state index in [9.17, 15) is 13.2 Å². The normalized spacial score (nSPS) is 15.4. The molecule has 1 aliphatic carbocycles. The van der Waals surface area contributed by atoms with Gasteiger partial charge in [0.15, 0.2) is 0 Å². The first-order valence-electron chi connectivity index (χ1n) is 5.83. The molecule has 0 bridgehead atoms. The fourth-order valence-electron chi connectivity index (χ4n) is 1.50. The zero-order chi connectivity index (χ0) is 13.2. The van der Waals surface area contributed by atoms with E-state index in [4.69, 9.17) is 0 Å². The van der Waals surface area contributed by atoms with Gasteiger partial charge in [-0.3, -0.25) is 4.79 Å². The van der Waals surface area contributed by atoms with Gasteiger partial charge in [-0.1, -0.05) is 12.1 Å². The van der Waals surface area contributed by atoms with Crippen molar-refractivity contribution in [3.05, 3.63) is 29.8 Å². The van der Waals surface area contributed by atoms with Crippen molar-refractivity contribution in [3.8, 4) is 0 Å². The molecule has 0 radical (unpaired) electrons. The minimum Gasteiger partial charge on any atom is -0.352 e. The smallest absolute Gasteiger partial charge is 0.240 e. The van der Waals surface area contributed by atoms with Gasteiger partial charge in [-0.05, 0) is 30.5 Å². The molecule has 6 heteroatoms. The maximum atomic E-state index is 11.9. The SMILES string of the molecule is CC(=O)NCc1ccc(S(=O)(=O)NC2CC2)cc1. The van der Waals surface area contributed by atoms with Crippen molar-refractivity contribution in [2.24, 2.45) is 0 Å². The highest BCUT2D eigenvalue weighted by molar-refractivity contribution is 7.89. The molecular formula is C12H16N2O3S. The second-order valence-electron chi connectivity index (χ2n) is 4.45. The first kappa shape index (κ1) is 13.0. The molecule has 18 heavy (non-hydrogen) atoms. The maximum absolute atomic E-state index is 11.9. The van der Waals surface area contributed by atoms with Gasteiger partial charge in [0.25, 0.3) is 0 Å². The average Bonchev–Trinajstić information content (AvgIpc) is 3.10. The summed E-state index contributed by atoms with van der Waals surface area (Å²) in [5.41, 5.74) is 0.871. The van der Waals surface area contributed by atoms with Crippen LogP contribution < -0.4 is 10.0 Å². The molecule has 98 valence electrons. The molecule has 1 aromatic rings. The average molecular weight is 268 g/mol. The van der Waals surface area contributed by atoms with Gasteiger partial charge in [0.2, 0.25) is 15.9 Å². The van der Waals surface area contributed by atoms with Crippen LogP contribution in [0.15, 0.2) is 29.2 Å². The van der Waals surface area contributed by atoms with Crippen LogP contribution in [-0.4, -0.2) is 20.4 Å². The van der Waals surface area contributed by atoms with Gasteiger partial charge in [0.1, 0.15) is 0 Å². The van der Waals surface area contributed by atoms with Crippen molar-refractivity contribution >= 4 is 15.9 Å². The minimum atomic E-state index is -3.38. The van der Waals surface area contributed by atoms with Gasteiger partial charge < -0.3 is 5.32 Å². The van der Waals surface area contributed by atoms with Crippen LogP contribution in [0.1, 0.15) is 25.3 Å². The summed E-state index contributed by atoms with van der Waals surface area (Å²) in [7, 11) is -3.38. The Hall–Kier alpha value is -1.40. The lowest BCUT2D eigenvalue weighted by atomic mass is 10.2. The van der Waals surface area contributed by atoms with Gasteiger partial charge in [-0.25, -0.2) is 13.1 Å². The molecule has 0 saturated heterocycles. The van der Waals surface area contributed by atoms with E-state index in [2.05, 4.69) is 10.0 Å². The summed E-state index contributed by atoms with van der Waals surface area (Å²) in [6.07, 6.45) is 1.83. The number of amides is 1. The van der Waals surface area contributed by atoms with Crippen LogP contribution in [0.2, 0.25) is 0 Å². The quantitative estimate of drug-likeness (QED) is 0.828. The highest BCUT2D eigenvalue weighted by atomic mass is 32.2. The number of sulfonamides is 1. The van der Waals surface area contributed by atoms with Crippen LogP contribution in [0.25, 0.3) is 0 Å². The van der Waals surface area contributed by atoms with Gasteiger partial charge in [-0.15, -0.1) is 0 Å². The number of carbonyl (C=O) groups is 1. The summed E-state index contributed by atoms with van der Waals surface area (Å²) < 4.78 is 26.4. The summed E-state index contributed by atoms with van der Waals surface area (Å²) in [6, 6.07) is 6.63. The maximum Gasteiger partial charge on any atom is 0.240 e. The lowest BCUT2D eigenvalue weighted by Gasteiger charge is -2.07. The largest absolute Gasteiger partial charge is 0.352 e. The molecule has 0 heterocycles. The Morgan fingerprint density at radius 2 is 1.89 bits per heavy atom. The molecule has 0 aromatic heterocycles. The third-order valence-corrected chi connectivity index (χ3v) is 4.21. The molecule has 0 atom stereocenters. The fourth-order valence-corrected chi connectivity index (χ4v) is 2.81. The number of rotatable bonds is 5. The topological polar surface area (TPSA) is 75.3 Å². The third-order valence-electron chi connectivity index (χ3n) is 2.67. The summed E-state index contributed by atoms with van der Waals surface area (Å²) in [5.74, 6) is -0.109. The number of carbonyl (C=O) groups excluding carboxylic acids is 1. The van der Waals surface area contributed by atoms with Crippen molar-refractivity contribution < 1.29 is 13.2 Å². The Bertz CT molecular complexity index is 533. The summed E-state index contributed by atoms with van der Waals surface area (Å²) in [4.78, 5) is 11.0. The third kappa shape index (κ3) is 3.54. The molecular weight excluding hydrogens is 252 g/mol. The summed E-state index contributed by atoms with van der Waals surface area (Å²) in [5, 5.41) is 2.66. The van der Waals surface area contributed by atoms with E-state index in [1.807, 2.05) is 0 Å². The molecule has 2 rings (SSSR count). The highest BCUT2D eigenvalue weighted by Crippen LogP contribution is 2.22. The Labute approximate surface area is 107 Å². The van der Waals surface area contributed by atoms with Crippen molar-refractivity contribution in [2.75, 3.05) is 0 Å². The molecule has 1 amide bonds. The van der Waals surface area contributed by atoms with Crippen LogP contribution >= 0.6 is 0 Å². The van der Waals surface area contributed by atoms with Gasteiger partial charge in [-0.2, -0.15) is 0 Å². The molecule has 1 aliphatic rings. The molecule has 1 fully saturated rings. The summed E-state index contributed by atoms with van der Waals surface area (Å²) in [6.45, 7) is 1.85. The second kappa shape index (κ2) is 5.07. The lowest BCUT2D eigenvalue weighted by molar-refractivity contribution is -0.119. The van der Waals surface area contributed by atoms with Gasteiger partial charge >= 0.3 is 0 Å². The van der Waals surface area contributed by atoms with Crippen LogP contribution in [0, 0.1) is 0 Å². The highest BCUT2D eigenvalue weighted by Gasteiger charge is 2.27. The van der Waals surface area contributed by atoms with Crippen LogP contribution in [-0.2, 0) is 21.4 Å². The van der Waals surface area contributed by atoms with Crippen molar-refractivity contribution in [2.45, 2.75) is 37.2 Å². The Morgan fingerprint density at radius 1 is 1.28 bits per heavy atom. The molecule has 1 aromatic carbocycles. The van der Waals surface area contributed by atoms with E-state index >= 15 is 0 Å². The number of hydrogen-bond acceptors (Lipinski definition) is 3. The predicted octanol–water partition coefficient (Wildman–Crippen LogP) is 0.763. The standard InChI is InChI=1S/C12H16N2O3S/c1-9(15)13-8-10-2-6-12(7-3-10)18(16,17)14-11-4-5-11/h2-3,6-7,11,14H,4-5,8H2,1H3,(H,13,15). The van der Waals surface area contributed by atoms with Gasteiger partial charge in [0.05, 0.1) is 4.90 Å². The van der Waals surface area contributed by atoms with E-state index in [1.54, 1.807) is 24.3 Å². The van der Waals surface area contributed by atoms with E-state index in [-0.39, 0.29) is 16.8 Å². The van der Waals surface area contributed by atoms with Crippen molar-refractivity contribution in [3.63, 3.8) is 0 Å². The number of nitrogens with one attached hydrogen (secondary N) is 2. The molecule has 5 nitrogen and oxygen atoms in total. The first-order chi connectivity index (χ1) is 8.47. The first-order valence-corrected chi connectivity index (χ1v) is 7.31. The second-order valence-corrected chi connectivity index (χ2v) is 6.16. The molecule has 1 saturated carbocycles. The Kier molecular flexibility index (Phi) is 3.68. The molecule has 0 unspecified atom stereocenters. The van der Waals surface area contributed by atoms with E-state index in [1.165, 1.54) is 6.92 Å². The van der Waals surface area contributed by atoms with Crippen LogP contribution in [0.5, 0.6) is 0 Å². The zero-order valence-corrected chi connectivity index (χ0v) is 11.0. The van der Waals surface area contributed by atoms with Crippen molar-refractivity contribution in [1.82, 2.24) is 10.0 Å². The van der Waals surface area contributed by atoms with E-state index < -0.39 is 10.0 Å². The lowest BCUT2D eigenvalue weighted by Crippen LogP contribution is -2.25.